The highest BCUT2D eigenvalue weighted by molar-refractivity contribution is 6.09. The first-order chi connectivity index (χ1) is 12.1. The molecule has 128 valence electrons. The zero-order chi connectivity index (χ0) is 17.8. The van der Waals surface area contributed by atoms with Crippen LogP contribution >= 0.6 is 0 Å². The van der Waals surface area contributed by atoms with Crippen molar-refractivity contribution in [2.45, 2.75) is 13.0 Å². The molecule has 2 aromatic rings. The van der Waals surface area contributed by atoms with Gasteiger partial charge in [0.15, 0.2) is 0 Å². The molecule has 1 fully saturated rings. The number of rotatable bonds is 5. The topological polar surface area (TPSA) is 69.7 Å². The van der Waals surface area contributed by atoms with Gasteiger partial charge in [0.1, 0.15) is 5.92 Å². The molecular weight excluding hydrogens is 318 g/mol. The molecule has 1 heterocycles. The number of hydrazine groups is 1. The smallest absolute Gasteiger partial charge is 0.253 e. The van der Waals surface area contributed by atoms with E-state index in [0.717, 1.165) is 16.3 Å². The highest BCUT2D eigenvalue weighted by Gasteiger charge is 2.39. The van der Waals surface area contributed by atoms with Gasteiger partial charge in [-0.05, 0) is 17.7 Å². The third-order valence-corrected chi connectivity index (χ3v) is 4.15. The van der Waals surface area contributed by atoms with Gasteiger partial charge in [0, 0.05) is 19.2 Å². The quantitative estimate of drug-likeness (QED) is 0.845. The zero-order valence-electron chi connectivity index (χ0n) is 13.9. The number of para-hydroxylation sites is 1. The average Bonchev–Trinajstić information content (AvgIpc) is 2.87. The molecule has 3 rings (SSSR count). The lowest BCUT2D eigenvalue weighted by atomic mass is 10.0. The van der Waals surface area contributed by atoms with Crippen molar-refractivity contribution in [3.63, 3.8) is 0 Å². The molecule has 1 aliphatic heterocycles. The molecule has 1 N–H and O–H groups in total. The Kier molecular flexibility index (Phi) is 4.79. The molecule has 0 spiro atoms. The minimum Gasteiger partial charge on any atom is -0.308 e. The molecule has 6 nitrogen and oxygen atoms in total. The van der Waals surface area contributed by atoms with Crippen molar-refractivity contribution >= 4 is 23.4 Å². The summed E-state index contributed by atoms with van der Waals surface area (Å²) in [6.07, 6.45) is -0.156. The molecule has 2 aromatic carbocycles. The van der Waals surface area contributed by atoms with E-state index in [-0.39, 0.29) is 18.2 Å². The third-order valence-electron chi connectivity index (χ3n) is 4.15. The van der Waals surface area contributed by atoms with Crippen molar-refractivity contribution in [2.24, 2.45) is 5.92 Å². The Labute approximate surface area is 146 Å². The minimum absolute atomic E-state index is 0.156. The molecule has 6 heteroatoms. The van der Waals surface area contributed by atoms with E-state index < -0.39 is 11.8 Å². The minimum atomic E-state index is -0.973. The number of hydrogen-bond acceptors (Lipinski definition) is 3. The van der Waals surface area contributed by atoms with E-state index in [9.17, 15) is 14.4 Å². The van der Waals surface area contributed by atoms with Crippen LogP contribution in [0.15, 0.2) is 60.7 Å². The van der Waals surface area contributed by atoms with Crippen LogP contribution in [-0.4, -0.2) is 29.8 Å². The van der Waals surface area contributed by atoms with Crippen molar-refractivity contribution in [3.8, 4) is 0 Å². The van der Waals surface area contributed by atoms with Crippen LogP contribution in [0.2, 0.25) is 0 Å². The number of carbonyl (C=O) groups excluding carboxylic acids is 3. The fraction of sp³-hybridized carbons (Fsp3) is 0.211. The number of nitrogens with zero attached hydrogens (tertiary/aromatic N) is 2. The monoisotopic (exact) mass is 337 g/mol. The molecule has 0 saturated carbocycles. The number of amides is 3. The number of hydrogen-bond donors (Lipinski definition) is 1. The molecule has 0 radical (unpaired) electrons. The Morgan fingerprint density at radius 1 is 1.04 bits per heavy atom. The SMILES string of the molecule is CN1NC(=O)C(CC(=O)N(Cc2ccccc2)c2ccccc2)C1=O. The van der Waals surface area contributed by atoms with Crippen LogP contribution in [0.5, 0.6) is 0 Å². The Morgan fingerprint density at radius 2 is 1.64 bits per heavy atom. The lowest BCUT2D eigenvalue weighted by Gasteiger charge is -2.23. The summed E-state index contributed by atoms with van der Waals surface area (Å²) in [6, 6.07) is 18.8. The Bertz CT molecular complexity index is 777. The fourth-order valence-electron chi connectivity index (χ4n) is 2.81. The Morgan fingerprint density at radius 3 is 2.20 bits per heavy atom. The van der Waals surface area contributed by atoms with E-state index in [4.69, 9.17) is 0 Å². The van der Waals surface area contributed by atoms with Gasteiger partial charge in [-0.2, -0.15) is 0 Å². The summed E-state index contributed by atoms with van der Waals surface area (Å²) in [5.74, 6) is -2.06. The van der Waals surface area contributed by atoms with Gasteiger partial charge < -0.3 is 4.90 Å². The maximum Gasteiger partial charge on any atom is 0.253 e. The van der Waals surface area contributed by atoms with Crippen molar-refractivity contribution < 1.29 is 14.4 Å². The third kappa shape index (κ3) is 3.68. The predicted octanol–water partition coefficient (Wildman–Crippen LogP) is 1.73. The summed E-state index contributed by atoms with van der Waals surface area (Å²) in [7, 11) is 1.48. The summed E-state index contributed by atoms with van der Waals surface area (Å²) < 4.78 is 0. The number of carbonyl (C=O) groups is 3. The van der Waals surface area contributed by atoms with Crippen LogP contribution in [-0.2, 0) is 20.9 Å². The van der Waals surface area contributed by atoms with Gasteiger partial charge in [-0.1, -0.05) is 48.5 Å². The van der Waals surface area contributed by atoms with Crippen molar-refractivity contribution in [1.29, 1.82) is 0 Å². The molecular formula is C19H19N3O3. The molecule has 25 heavy (non-hydrogen) atoms. The van der Waals surface area contributed by atoms with Crippen LogP contribution in [0.25, 0.3) is 0 Å². The van der Waals surface area contributed by atoms with Gasteiger partial charge >= 0.3 is 0 Å². The van der Waals surface area contributed by atoms with E-state index in [1.165, 1.54) is 7.05 Å². The summed E-state index contributed by atoms with van der Waals surface area (Å²) in [5.41, 5.74) is 4.13. The van der Waals surface area contributed by atoms with Gasteiger partial charge in [-0.25, -0.2) is 0 Å². The van der Waals surface area contributed by atoms with Gasteiger partial charge in [-0.15, -0.1) is 0 Å². The number of nitrogens with one attached hydrogen (secondary N) is 1. The molecule has 0 aliphatic carbocycles. The second-order valence-electron chi connectivity index (χ2n) is 5.93. The first kappa shape index (κ1) is 16.7. The maximum absolute atomic E-state index is 12.9. The van der Waals surface area contributed by atoms with Crippen molar-refractivity contribution in [2.75, 3.05) is 11.9 Å². The van der Waals surface area contributed by atoms with E-state index in [1.54, 1.807) is 4.90 Å². The van der Waals surface area contributed by atoms with Crippen LogP contribution in [0.1, 0.15) is 12.0 Å². The molecule has 0 aromatic heterocycles. The molecule has 1 atom stereocenters. The molecule has 1 unspecified atom stereocenters. The summed E-state index contributed by atoms with van der Waals surface area (Å²) in [5, 5.41) is 1.13. The number of anilines is 1. The first-order valence-corrected chi connectivity index (χ1v) is 8.03. The van der Waals surface area contributed by atoms with Crippen molar-refractivity contribution in [1.82, 2.24) is 10.4 Å². The van der Waals surface area contributed by atoms with Crippen LogP contribution in [0.4, 0.5) is 5.69 Å². The summed E-state index contributed by atoms with van der Waals surface area (Å²) in [6.45, 7) is 0.377. The van der Waals surface area contributed by atoms with Gasteiger partial charge in [0.25, 0.3) is 11.8 Å². The predicted molar refractivity (Wildman–Crippen MR) is 93.1 cm³/mol. The van der Waals surface area contributed by atoms with Crippen molar-refractivity contribution in [3.05, 3.63) is 66.2 Å². The zero-order valence-corrected chi connectivity index (χ0v) is 13.9. The number of benzene rings is 2. The van der Waals surface area contributed by atoms with Gasteiger partial charge in [0.05, 0.1) is 6.54 Å². The maximum atomic E-state index is 12.9. The second-order valence-corrected chi connectivity index (χ2v) is 5.93. The summed E-state index contributed by atoms with van der Waals surface area (Å²) >= 11 is 0. The Balaban J connectivity index is 1.82. The Hall–Kier alpha value is -3.15. The van der Waals surface area contributed by atoms with E-state index in [2.05, 4.69) is 5.43 Å². The molecule has 3 amide bonds. The highest BCUT2D eigenvalue weighted by Crippen LogP contribution is 2.21. The second kappa shape index (κ2) is 7.17. The highest BCUT2D eigenvalue weighted by atomic mass is 16.2. The fourth-order valence-corrected chi connectivity index (χ4v) is 2.81. The van der Waals surface area contributed by atoms with Gasteiger partial charge in [0.2, 0.25) is 5.91 Å². The van der Waals surface area contributed by atoms with Crippen LogP contribution < -0.4 is 10.3 Å². The lowest BCUT2D eigenvalue weighted by Crippen LogP contribution is -2.34. The van der Waals surface area contributed by atoms with E-state index >= 15 is 0 Å². The largest absolute Gasteiger partial charge is 0.308 e. The van der Waals surface area contributed by atoms with E-state index in [0.29, 0.717) is 6.54 Å². The molecule has 1 aliphatic rings. The summed E-state index contributed by atoms with van der Waals surface area (Å²) in [4.78, 5) is 38.4. The van der Waals surface area contributed by atoms with Gasteiger partial charge in [-0.3, -0.25) is 24.8 Å². The van der Waals surface area contributed by atoms with Crippen LogP contribution in [0, 0.1) is 5.92 Å². The standard InChI is InChI=1S/C19H19N3O3/c1-21-19(25)16(18(24)20-21)12-17(23)22(15-10-6-3-7-11-15)13-14-8-4-2-5-9-14/h2-11,16H,12-13H2,1H3,(H,20,24). The van der Waals surface area contributed by atoms with E-state index in [1.807, 2.05) is 60.7 Å². The lowest BCUT2D eigenvalue weighted by molar-refractivity contribution is -0.134. The van der Waals surface area contributed by atoms with Crippen LogP contribution in [0.3, 0.4) is 0 Å². The first-order valence-electron chi connectivity index (χ1n) is 8.03. The molecule has 0 bridgehead atoms. The molecule has 1 saturated heterocycles. The normalized spacial score (nSPS) is 16.7. The average molecular weight is 337 g/mol.